The van der Waals surface area contributed by atoms with E-state index in [0.29, 0.717) is 42.4 Å². The zero-order valence-corrected chi connectivity index (χ0v) is 18.7. The molecule has 2 aliphatic heterocycles. The Bertz CT molecular complexity index is 1330. The van der Waals surface area contributed by atoms with Crippen molar-refractivity contribution in [3.63, 3.8) is 0 Å². The summed E-state index contributed by atoms with van der Waals surface area (Å²) in [7, 11) is 1.63. The van der Waals surface area contributed by atoms with Crippen LogP contribution in [0.25, 0.3) is 6.08 Å². The Hall–Kier alpha value is -4.17. The molecule has 0 radical (unpaired) electrons. The van der Waals surface area contributed by atoms with Crippen LogP contribution in [0.15, 0.2) is 60.4 Å². The van der Waals surface area contributed by atoms with Gasteiger partial charge in [-0.25, -0.2) is 0 Å². The van der Waals surface area contributed by atoms with Crippen molar-refractivity contribution in [2.45, 2.75) is 20.0 Å². The van der Waals surface area contributed by atoms with Gasteiger partial charge in [0.2, 0.25) is 5.78 Å². The molecule has 0 N–H and O–H groups in total. The summed E-state index contributed by atoms with van der Waals surface area (Å²) in [4.78, 5) is 25.9. The number of ether oxygens (including phenoxy) is 3. The molecule has 172 valence electrons. The molecule has 0 aromatic heterocycles. The molecule has 2 aliphatic rings. The molecule has 0 aliphatic carbocycles. The number of benzene rings is 3. The largest absolute Gasteiger partial charge is 0.497 e. The molecule has 0 saturated carbocycles. The highest BCUT2D eigenvalue weighted by atomic mass is 16.6. The summed E-state index contributed by atoms with van der Waals surface area (Å²) < 4.78 is 17.3. The van der Waals surface area contributed by atoms with Crippen molar-refractivity contribution in [3.05, 3.63) is 98.3 Å². The lowest BCUT2D eigenvalue weighted by molar-refractivity contribution is -0.384. The van der Waals surface area contributed by atoms with E-state index < -0.39 is 4.92 Å². The number of methoxy groups -OCH3 is 1. The highest BCUT2D eigenvalue weighted by Gasteiger charge is 2.35. The van der Waals surface area contributed by atoms with Gasteiger partial charge in [-0.3, -0.25) is 19.8 Å². The van der Waals surface area contributed by atoms with Crippen LogP contribution in [0.3, 0.4) is 0 Å². The quantitative estimate of drug-likeness (QED) is 0.306. The van der Waals surface area contributed by atoms with Gasteiger partial charge in [-0.15, -0.1) is 0 Å². The number of carbonyl (C=O) groups is 1. The second-order valence-corrected chi connectivity index (χ2v) is 8.27. The third kappa shape index (κ3) is 3.99. The van der Waals surface area contributed by atoms with E-state index >= 15 is 0 Å². The van der Waals surface area contributed by atoms with Gasteiger partial charge in [-0.05, 0) is 47.9 Å². The van der Waals surface area contributed by atoms with Crippen LogP contribution >= 0.6 is 0 Å². The van der Waals surface area contributed by atoms with Gasteiger partial charge >= 0.3 is 0 Å². The Morgan fingerprint density at radius 2 is 1.97 bits per heavy atom. The number of nitrogens with zero attached hydrogens (tertiary/aromatic N) is 2. The molecule has 0 unspecified atom stereocenters. The monoisotopic (exact) mass is 458 g/mol. The first-order valence-corrected chi connectivity index (χ1v) is 10.8. The predicted octanol–water partition coefficient (Wildman–Crippen LogP) is 4.88. The number of non-ortho nitro benzene ring substituents is 1. The Labute approximate surface area is 196 Å². The number of nitro groups is 1. The molecule has 0 amide bonds. The molecule has 8 nitrogen and oxygen atoms in total. The molecule has 0 atom stereocenters. The lowest BCUT2D eigenvalue weighted by Crippen LogP contribution is -2.31. The molecule has 3 aromatic carbocycles. The number of rotatable bonds is 5. The van der Waals surface area contributed by atoms with E-state index in [1.807, 2.05) is 37.3 Å². The summed E-state index contributed by atoms with van der Waals surface area (Å²) >= 11 is 0. The fraction of sp³-hybridized carbons (Fsp3) is 0.192. The topological polar surface area (TPSA) is 91.1 Å². The Morgan fingerprint density at radius 1 is 1.18 bits per heavy atom. The van der Waals surface area contributed by atoms with Crippen LogP contribution in [0.5, 0.6) is 17.2 Å². The fourth-order valence-electron chi connectivity index (χ4n) is 4.25. The van der Waals surface area contributed by atoms with E-state index in [1.54, 1.807) is 25.3 Å². The molecule has 3 aromatic rings. The zero-order valence-electron chi connectivity index (χ0n) is 18.7. The van der Waals surface area contributed by atoms with E-state index in [-0.39, 0.29) is 17.2 Å². The van der Waals surface area contributed by atoms with Gasteiger partial charge in [0.1, 0.15) is 24.0 Å². The number of aryl methyl sites for hydroxylation is 1. The molecule has 5 rings (SSSR count). The van der Waals surface area contributed by atoms with Crippen molar-refractivity contribution < 1.29 is 23.9 Å². The van der Waals surface area contributed by atoms with Crippen molar-refractivity contribution in [2.75, 3.05) is 13.8 Å². The minimum atomic E-state index is -0.469. The number of ketones is 1. The number of hydrogen-bond acceptors (Lipinski definition) is 7. The van der Waals surface area contributed by atoms with Crippen LogP contribution in [-0.2, 0) is 13.1 Å². The third-order valence-corrected chi connectivity index (χ3v) is 5.93. The summed E-state index contributed by atoms with van der Waals surface area (Å²) in [6, 6.07) is 15.8. The average molecular weight is 458 g/mol. The third-order valence-electron chi connectivity index (χ3n) is 5.93. The Morgan fingerprint density at radius 3 is 2.71 bits per heavy atom. The van der Waals surface area contributed by atoms with Gasteiger partial charge in [0.05, 0.1) is 23.2 Å². The maximum atomic E-state index is 13.2. The smallest absolute Gasteiger partial charge is 0.270 e. The van der Waals surface area contributed by atoms with E-state index in [0.717, 1.165) is 22.4 Å². The van der Waals surface area contributed by atoms with E-state index in [1.165, 1.54) is 12.1 Å². The van der Waals surface area contributed by atoms with E-state index in [9.17, 15) is 14.9 Å². The second-order valence-electron chi connectivity index (χ2n) is 8.27. The molecule has 34 heavy (non-hydrogen) atoms. The molecule has 0 saturated heterocycles. The number of Topliss-reactive ketones (excluding diaryl/α,β-unsaturated/α-hetero) is 1. The van der Waals surface area contributed by atoms with Gasteiger partial charge in [-0.2, -0.15) is 0 Å². The summed E-state index contributed by atoms with van der Waals surface area (Å²) in [6.45, 7) is 3.49. The highest BCUT2D eigenvalue weighted by Crippen LogP contribution is 2.44. The van der Waals surface area contributed by atoms with Crippen molar-refractivity contribution in [2.24, 2.45) is 0 Å². The van der Waals surface area contributed by atoms with Crippen LogP contribution in [0.2, 0.25) is 0 Å². The van der Waals surface area contributed by atoms with Crippen molar-refractivity contribution >= 4 is 17.5 Å². The van der Waals surface area contributed by atoms with E-state index in [2.05, 4.69) is 4.90 Å². The summed E-state index contributed by atoms with van der Waals surface area (Å²) in [5, 5.41) is 11.1. The predicted molar refractivity (Wildman–Crippen MR) is 125 cm³/mol. The lowest BCUT2D eigenvalue weighted by atomic mass is 9.98. The molecule has 0 fully saturated rings. The Balaban J connectivity index is 1.43. The van der Waals surface area contributed by atoms with Crippen LogP contribution < -0.4 is 14.2 Å². The van der Waals surface area contributed by atoms with Crippen LogP contribution in [-0.4, -0.2) is 29.4 Å². The second kappa shape index (κ2) is 8.64. The molecular weight excluding hydrogens is 436 g/mol. The fourth-order valence-corrected chi connectivity index (χ4v) is 4.25. The van der Waals surface area contributed by atoms with Gasteiger partial charge in [0.25, 0.3) is 5.69 Å². The summed E-state index contributed by atoms with van der Waals surface area (Å²) in [5.74, 6) is 1.89. The standard InChI is InChI=1S/C26H22N2O6/c1-16-10-22-21(14-27(15-33-22)13-17-6-8-20(32-2)9-7-17)26-24(16)25(29)23(34-26)12-18-4-3-5-19(11-18)28(30)31/h3-12H,13-15H2,1-2H3/b23-12-. The number of fused-ring (bicyclic) bond motifs is 3. The maximum absolute atomic E-state index is 13.2. The van der Waals surface area contributed by atoms with Crippen LogP contribution in [0.4, 0.5) is 5.69 Å². The number of allylic oxidation sites excluding steroid dienone is 1. The average Bonchev–Trinajstić information content (AvgIpc) is 3.17. The number of carbonyl (C=O) groups excluding carboxylic acids is 1. The van der Waals surface area contributed by atoms with Crippen molar-refractivity contribution in [3.8, 4) is 17.2 Å². The molecule has 0 spiro atoms. The number of nitro benzene ring substituents is 1. The van der Waals surface area contributed by atoms with Gasteiger partial charge < -0.3 is 14.2 Å². The molecule has 0 bridgehead atoms. The number of hydrogen-bond donors (Lipinski definition) is 0. The molecule has 2 heterocycles. The zero-order chi connectivity index (χ0) is 23.8. The first-order chi connectivity index (χ1) is 16.4. The summed E-state index contributed by atoms with van der Waals surface area (Å²) in [5.41, 5.74) is 3.67. The van der Waals surface area contributed by atoms with Crippen LogP contribution in [0.1, 0.15) is 32.6 Å². The van der Waals surface area contributed by atoms with Gasteiger partial charge in [-0.1, -0.05) is 24.3 Å². The normalized spacial score (nSPS) is 15.9. The maximum Gasteiger partial charge on any atom is 0.270 e. The molecular formula is C26H22N2O6. The minimum absolute atomic E-state index is 0.0477. The summed E-state index contributed by atoms with van der Waals surface area (Å²) in [6.07, 6.45) is 1.54. The SMILES string of the molecule is COc1ccc(CN2COc3cc(C)c4c(c3C2)O/C(=C\c2cccc([N+](=O)[O-])c2)C4=O)cc1. The minimum Gasteiger partial charge on any atom is -0.497 e. The van der Waals surface area contributed by atoms with E-state index in [4.69, 9.17) is 14.2 Å². The first kappa shape index (κ1) is 21.7. The van der Waals surface area contributed by atoms with Gasteiger partial charge in [0.15, 0.2) is 5.76 Å². The van der Waals surface area contributed by atoms with Crippen molar-refractivity contribution in [1.82, 2.24) is 4.90 Å². The molecule has 8 heteroatoms. The lowest BCUT2D eigenvalue weighted by Gasteiger charge is -2.30. The van der Waals surface area contributed by atoms with Crippen molar-refractivity contribution in [1.29, 1.82) is 0 Å². The highest BCUT2D eigenvalue weighted by molar-refractivity contribution is 6.15. The first-order valence-electron chi connectivity index (χ1n) is 10.8. The van der Waals surface area contributed by atoms with Crippen LogP contribution in [0, 0.1) is 17.0 Å². The van der Waals surface area contributed by atoms with Gasteiger partial charge in [0, 0.05) is 25.2 Å². The Kier molecular flexibility index (Phi) is 5.51.